The molecule has 2 rings (SSSR count). The molecule has 0 saturated heterocycles. The standard InChI is InChI=1S/C10H7F3N2O2/c11-10(12,13)7-2-1-3-15-5-6(4-8(16)17)14-9(7)15/h1-3,5H,4H2,(H,16,17). The highest BCUT2D eigenvalue weighted by Crippen LogP contribution is 2.31. The average molecular weight is 244 g/mol. The number of alkyl halides is 3. The van der Waals surface area contributed by atoms with Crippen molar-refractivity contribution in [1.82, 2.24) is 9.38 Å². The van der Waals surface area contributed by atoms with Crippen LogP contribution in [0.5, 0.6) is 0 Å². The minimum atomic E-state index is -4.51. The van der Waals surface area contributed by atoms with Gasteiger partial charge in [-0.1, -0.05) is 0 Å². The van der Waals surface area contributed by atoms with Crippen molar-refractivity contribution < 1.29 is 23.1 Å². The maximum Gasteiger partial charge on any atom is 0.419 e. The predicted molar refractivity (Wildman–Crippen MR) is 51.5 cm³/mol. The van der Waals surface area contributed by atoms with E-state index in [2.05, 4.69) is 4.98 Å². The van der Waals surface area contributed by atoms with Gasteiger partial charge in [-0.2, -0.15) is 13.2 Å². The highest BCUT2D eigenvalue weighted by atomic mass is 19.4. The van der Waals surface area contributed by atoms with Crippen LogP contribution in [-0.4, -0.2) is 20.5 Å². The van der Waals surface area contributed by atoms with Crippen LogP contribution in [0.15, 0.2) is 24.5 Å². The molecule has 0 bridgehead atoms. The number of rotatable bonds is 2. The number of aromatic nitrogens is 2. The van der Waals surface area contributed by atoms with Gasteiger partial charge in [-0.15, -0.1) is 0 Å². The molecule has 0 aromatic carbocycles. The molecule has 0 atom stereocenters. The Bertz CT molecular complexity index is 574. The van der Waals surface area contributed by atoms with Crippen molar-refractivity contribution in [3.63, 3.8) is 0 Å². The second kappa shape index (κ2) is 3.76. The number of pyridine rings is 1. The second-order valence-electron chi connectivity index (χ2n) is 3.45. The fourth-order valence-corrected chi connectivity index (χ4v) is 1.53. The molecule has 7 heteroatoms. The van der Waals surface area contributed by atoms with Gasteiger partial charge in [0.25, 0.3) is 0 Å². The molecule has 90 valence electrons. The number of fused-ring (bicyclic) bond motifs is 1. The van der Waals surface area contributed by atoms with E-state index in [0.29, 0.717) is 0 Å². The first kappa shape index (κ1) is 11.4. The molecule has 0 amide bonds. The number of imidazole rings is 1. The highest BCUT2D eigenvalue weighted by molar-refractivity contribution is 5.70. The number of carboxylic acids is 1. The van der Waals surface area contributed by atoms with E-state index in [1.165, 1.54) is 22.9 Å². The fourth-order valence-electron chi connectivity index (χ4n) is 1.53. The van der Waals surface area contributed by atoms with Crippen LogP contribution in [0.3, 0.4) is 0 Å². The molecule has 2 aromatic rings. The van der Waals surface area contributed by atoms with E-state index in [-0.39, 0.29) is 11.3 Å². The summed E-state index contributed by atoms with van der Waals surface area (Å²) in [7, 11) is 0. The summed E-state index contributed by atoms with van der Waals surface area (Å²) in [6.07, 6.45) is -2.24. The molecule has 0 unspecified atom stereocenters. The summed E-state index contributed by atoms with van der Waals surface area (Å²) in [5, 5.41) is 8.55. The monoisotopic (exact) mass is 244 g/mol. The summed E-state index contributed by atoms with van der Waals surface area (Å²) in [4.78, 5) is 14.1. The van der Waals surface area contributed by atoms with E-state index in [4.69, 9.17) is 5.11 Å². The van der Waals surface area contributed by atoms with Crippen LogP contribution in [0.2, 0.25) is 0 Å². The number of hydrogen-bond donors (Lipinski definition) is 1. The molecule has 0 aliphatic rings. The molecule has 0 spiro atoms. The lowest BCUT2D eigenvalue weighted by Gasteiger charge is -2.06. The van der Waals surface area contributed by atoms with Crippen molar-refractivity contribution in [3.05, 3.63) is 35.8 Å². The third kappa shape index (κ3) is 2.22. The number of aliphatic carboxylic acids is 1. The SMILES string of the molecule is O=C(O)Cc1cn2cccc(C(F)(F)F)c2n1. The van der Waals surface area contributed by atoms with Crippen molar-refractivity contribution in [2.75, 3.05) is 0 Å². The minimum absolute atomic E-state index is 0.0919. The van der Waals surface area contributed by atoms with E-state index in [9.17, 15) is 18.0 Å². The molecule has 1 N–H and O–H groups in total. The van der Waals surface area contributed by atoms with Crippen LogP contribution in [0.25, 0.3) is 5.65 Å². The van der Waals surface area contributed by atoms with Crippen LogP contribution in [0.1, 0.15) is 11.3 Å². The molecule has 0 fully saturated rings. The maximum atomic E-state index is 12.6. The third-order valence-electron chi connectivity index (χ3n) is 2.17. The zero-order valence-corrected chi connectivity index (χ0v) is 8.40. The Morgan fingerprint density at radius 3 is 2.76 bits per heavy atom. The van der Waals surface area contributed by atoms with E-state index < -0.39 is 24.1 Å². The summed E-state index contributed by atoms with van der Waals surface area (Å²) >= 11 is 0. The Morgan fingerprint density at radius 2 is 2.18 bits per heavy atom. The lowest BCUT2D eigenvalue weighted by Crippen LogP contribution is -2.07. The van der Waals surface area contributed by atoms with Crippen LogP contribution in [0, 0.1) is 0 Å². The van der Waals surface area contributed by atoms with E-state index in [0.717, 1.165) is 6.07 Å². The normalized spacial score (nSPS) is 11.9. The Morgan fingerprint density at radius 1 is 1.47 bits per heavy atom. The fraction of sp³-hybridized carbons (Fsp3) is 0.200. The topological polar surface area (TPSA) is 54.6 Å². The quantitative estimate of drug-likeness (QED) is 0.878. The highest BCUT2D eigenvalue weighted by Gasteiger charge is 2.33. The number of carboxylic acid groups (broad SMARTS) is 1. The first-order chi connectivity index (χ1) is 7.88. The molecule has 0 aliphatic carbocycles. The zero-order chi connectivity index (χ0) is 12.6. The maximum absolute atomic E-state index is 12.6. The van der Waals surface area contributed by atoms with Gasteiger partial charge in [0.2, 0.25) is 0 Å². The summed E-state index contributed by atoms with van der Waals surface area (Å²) in [5.74, 6) is -1.14. The van der Waals surface area contributed by atoms with Gasteiger partial charge in [-0.05, 0) is 12.1 Å². The van der Waals surface area contributed by atoms with Gasteiger partial charge in [-0.3, -0.25) is 4.79 Å². The van der Waals surface area contributed by atoms with Gasteiger partial charge in [-0.25, -0.2) is 4.98 Å². The molecule has 0 aliphatic heterocycles. The number of carbonyl (C=O) groups is 1. The van der Waals surface area contributed by atoms with Crippen molar-refractivity contribution in [1.29, 1.82) is 0 Å². The lowest BCUT2D eigenvalue weighted by molar-refractivity contribution is -0.137. The van der Waals surface area contributed by atoms with Gasteiger partial charge in [0.15, 0.2) is 0 Å². The minimum Gasteiger partial charge on any atom is -0.481 e. The van der Waals surface area contributed by atoms with Gasteiger partial charge in [0.1, 0.15) is 5.65 Å². The van der Waals surface area contributed by atoms with Crippen molar-refractivity contribution >= 4 is 11.6 Å². The largest absolute Gasteiger partial charge is 0.481 e. The third-order valence-corrected chi connectivity index (χ3v) is 2.17. The van der Waals surface area contributed by atoms with Crippen LogP contribution < -0.4 is 0 Å². The van der Waals surface area contributed by atoms with Gasteiger partial charge in [0, 0.05) is 12.4 Å². The summed E-state index contributed by atoms with van der Waals surface area (Å²) in [6.45, 7) is 0. The lowest BCUT2D eigenvalue weighted by atomic mass is 10.2. The number of hydrogen-bond acceptors (Lipinski definition) is 2. The molecule has 0 radical (unpaired) electrons. The van der Waals surface area contributed by atoms with Crippen LogP contribution in [0.4, 0.5) is 13.2 Å². The Kier molecular flexibility index (Phi) is 2.53. The first-order valence-corrected chi connectivity index (χ1v) is 4.63. The van der Waals surface area contributed by atoms with Gasteiger partial charge >= 0.3 is 12.1 Å². The number of halogens is 3. The van der Waals surface area contributed by atoms with Gasteiger partial charge < -0.3 is 9.51 Å². The predicted octanol–water partition coefficient (Wildman–Crippen LogP) is 1.98. The molecular formula is C10H7F3N2O2. The van der Waals surface area contributed by atoms with Crippen molar-refractivity contribution in [2.24, 2.45) is 0 Å². The Labute approximate surface area is 93.3 Å². The molecule has 4 nitrogen and oxygen atoms in total. The smallest absolute Gasteiger partial charge is 0.419 e. The van der Waals surface area contributed by atoms with Crippen molar-refractivity contribution in [2.45, 2.75) is 12.6 Å². The van der Waals surface area contributed by atoms with E-state index in [1.54, 1.807) is 0 Å². The molecule has 2 heterocycles. The van der Waals surface area contributed by atoms with Crippen LogP contribution in [-0.2, 0) is 17.4 Å². The Hall–Kier alpha value is -2.05. The van der Waals surface area contributed by atoms with E-state index in [1.807, 2.05) is 0 Å². The molecule has 17 heavy (non-hydrogen) atoms. The van der Waals surface area contributed by atoms with Crippen molar-refractivity contribution in [3.8, 4) is 0 Å². The summed E-state index contributed by atoms with van der Waals surface area (Å²) in [6, 6.07) is 2.15. The average Bonchev–Trinajstić information content (AvgIpc) is 2.55. The van der Waals surface area contributed by atoms with Crippen LogP contribution >= 0.6 is 0 Å². The summed E-state index contributed by atoms with van der Waals surface area (Å²) in [5.41, 5.74) is -1.07. The zero-order valence-electron chi connectivity index (χ0n) is 8.40. The number of nitrogens with zero attached hydrogens (tertiary/aromatic N) is 2. The molecular weight excluding hydrogens is 237 g/mol. The molecule has 2 aromatic heterocycles. The second-order valence-corrected chi connectivity index (χ2v) is 3.45. The Balaban J connectivity index is 2.57. The summed E-state index contributed by atoms with van der Waals surface area (Å²) < 4.78 is 39.0. The van der Waals surface area contributed by atoms with E-state index >= 15 is 0 Å². The first-order valence-electron chi connectivity index (χ1n) is 4.63. The van der Waals surface area contributed by atoms with Gasteiger partial charge in [0.05, 0.1) is 17.7 Å². The molecule has 0 saturated carbocycles.